The number of ether oxygens (including phenoxy) is 1. The van der Waals surface area contributed by atoms with Crippen molar-refractivity contribution in [2.75, 3.05) is 27.2 Å². The second-order valence-corrected chi connectivity index (χ2v) is 7.81. The van der Waals surface area contributed by atoms with E-state index in [-0.39, 0.29) is 23.0 Å². The molecule has 0 aliphatic carbocycles. The van der Waals surface area contributed by atoms with Gasteiger partial charge in [-0.1, -0.05) is 0 Å². The maximum atomic E-state index is 12.7. The molecule has 134 valence electrons. The van der Waals surface area contributed by atoms with Crippen molar-refractivity contribution < 1.29 is 27.2 Å². The smallest absolute Gasteiger partial charge is 0.328 e. The normalized spacial score (nSPS) is 18.2. The van der Waals surface area contributed by atoms with E-state index in [2.05, 4.69) is 0 Å². The molecule has 1 atom stereocenters. The van der Waals surface area contributed by atoms with E-state index in [1.807, 2.05) is 0 Å². The lowest BCUT2D eigenvalue weighted by atomic mass is 10.2. The summed E-state index contributed by atoms with van der Waals surface area (Å²) in [6, 6.07) is 0.578. The number of carbonyl (C=O) groups is 2. The predicted molar refractivity (Wildman–Crippen MR) is 85.0 cm³/mol. The van der Waals surface area contributed by atoms with Gasteiger partial charge in [0, 0.05) is 26.7 Å². The zero-order valence-corrected chi connectivity index (χ0v) is 15.1. The molecule has 0 saturated carbocycles. The number of rotatable bonds is 5. The molecule has 1 fully saturated rings. The number of hydrogen-bond acceptors (Lipinski definition) is 6. The highest BCUT2D eigenvalue weighted by Crippen LogP contribution is 2.26. The van der Waals surface area contributed by atoms with Crippen LogP contribution in [0.15, 0.2) is 15.6 Å². The quantitative estimate of drug-likeness (QED) is 0.729. The van der Waals surface area contributed by atoms with Crippen molar-refractivity contribution in [3.63, 3.8) is 0 Å². The molecule has 2 rings (SSSR count). The number of carbonyl (C=O) groups excluding carboxylic acids is 2. The minimum atomic E-state index is -3.77. The molecule has 0 spiro atoms. The van der Waals surface area contributed by atoms with Crippen LogP contribution < -0.4 is 0 Å². The minimum Gasteiger partial charge on any atom is -0.464 e. The molecular weight excluding hydrogens is 336 g/mol. The van der Waals surface area contributed by atoms with Crippen LogP contribution in [0.1, 0.15) is 35.9 Å². The van der Waals surface area contributed by atoms with Crippen LogP contribution in [-0.2, 0) is 19.6 Å². The molecule has 1 aliphatic rings. The second-order valence-electron chi connectivity index (χ2n) is 5.73. The van der Waals surface area contributed by atoms with Gasteiger partial charge >= 0.3 is 5.97 Å². The number of nitrogens with zero attached hydrogens (tertiary/aromatic N) is 2. The van der Waals surface area contributed by atoms with Crippen LogP contribution in [0.3, 0.4) is 0 Å². The van der Waals surface area contributed by atoms with Crippen molar-refractivity contribution in [2.45, 2.75) is 37.8 Å². The van der Waals surface area contributed by atoms with Crippen LogP contribution in [0.25, 0.3) is 0 Å². The van der Waals surface area contributed by atoms with Gasteiger partial charge in [0.2, 0.25) is 5.09 Å². The van der Waals surface area contributed by atoms with Crippen molar-refractivity contribution >= 4 is 21.9 Å². The molecule has 0 unspecified atom stereocenters. The molecule has 1 saturated heterocycles. The number of esters is 1. The highest BCUT2D eigenvalue weighted by atomic mass is 32.2. The molecule has 8 nitrogen and oxygen atoms in total. The fraction of sp³-hybridized carbons (Fsp3) is 0.600. The molecule has 1 aliphatic heterocycles. The molecule has 9 heteroatoms. The maximum Gasteiger partial charge on any atom is 0.328 e. The number of amides is 1. The average Bonchev–Trinajstić information content (AvgIpc) is 3.13. The molecule has 0 bridgehead atoms. The van der Waals surface area contributed by atoms with E-state index in [0.717, 1.165) is 4.31 Å². The van der Waals surface area contributed by atoms with Gasteiger partial charge in [0.15, 0.2) is 0 Å². The van der Waals surface area contributed by atoms with E-state index in [9.17, 15) is 18.0 Å². The average molecular weight is 358 g/mol. The molecular formula is C15H22N2O6S. The Hall–Kier alpha value is -1.87. The Bertz CT molecular complexity index is 737. The van der Waals surface area contributed by atoms with Crippen LogP contribution in [-0.4, -0.2) is 62.8 Å². The van der Waals surface area contributed by atoms with Crippen molar-refractivity contribution in [3.8, 4) is 0 Å². The zero-order valence-electron chi connectivity index (χ0n) is 14.2. The summed E-state index contributed by atoms with van der Waals surface area (Å²) in [6.07, 6.45) is 1.22. The highest BCUT2D eigenvalue weighted by Gasteiger charge is 2.37. The SMILES string of the molecule is CCOC(=O)[C@H]1CCCN1C(=O)c1cc(S(=O)(=O)N(C)C)oc1C. The Morgan fingerprint density at radius 1 is 1.42 bits per heavy atom. The minimum absolute atomic E-state index is 0.145. The molecule has 24 heavy (non-hydrogen) atoms. The van der Waals surface area contributed by atoms with Gasteiger partial charge in [-0.15, -0.1) is 0 Å². The molecule has 0 radical (unpaired) electrons. The maximum absolute atomic E-state index is 12.7. The second kappa shape index (κ2) is 6.94. The van der Waals surface area contributed by atoms with Crippen molar-refractivity contribution in [1.29, 1.82) is 0 Å². The third kappa shape index (κ3) is 3.32. The topological polar surface area (TPSA) is 97.1 Å². The summed E-state index contributed by atoms with van der Waals surface area (Å²) in [7, 11) is -1.01. The van der Waals surface area contributed by atoms with Gasteiger partial charge in [-0.25, -0.2) is 17.5 Å². The standard InChI is InChI=1S/C15H22N2O6S/c1-5-22-15(19)12-7-6-8-17(12)14(18)11-9-13(23-10(11)2)24(20,21)16(3)4/h9,12H,5-8H2,1-4H3/t12-/m1/s1. The Kier molecular flexibility index (Phi) is 5.34. The molecule has 1 amide bonds. The van der Waals surface area contributed by atoms with Crippen molar-refractivity contribution in [1.82, 2.24) is 9.21 Å². The van der Waals surface area contributed by atoms with Gasteiger partial charge in [-0.05, 0) is 26.7 Å². The monoisotopic (exact) mass is 358 g/mol. The summed E-state index contributed by atoms with van der Waals surface area (Å²) in [5.74, 6) is -0.660. The first-order chi connectivity index (χ1) is 11.2. The van der Waals surface area contributed by atoms with E-state index < -0.39 is 27.9 Å². The van der Waals surface area contributed by atoms with Gasteiger partial charge < -0.3 is 14.1 Å². The van der Waals surface area contributed by atoms with Gasteiger partial charge in [0.25, 0.3) is 15.9 Å². The Balaban J connectivity index is 2.30. The van der Waals surface area contributed by atoms with Crippen LogP contribution in [0, 0.1) is 6.92 Å². The van der Waals surface area contributed by atoms with Crippen molar-refractivity contribution in [3.05, 3.63) is 17.4 Å². The van der Waals surface area contributed by atoms with Crippen LogP contribution in [0.5, 0.6) is 0 Å². The van der Waals surface area contributed by atoms with Crippen LogP contribution in [0.2, 0.25) is 0 Å². The number of sulfonamides is 1. The van der Waals surface area contributed by atoms with Gasteiger partial charge in [-0.2, -0.15) is 0 Å². The molecule has 2 heterocycles. The predicted octanol–water partition coefficient (Wildman–Crippen LogP) is 1.01. The largest absolute Gasteiger partial charge is 0.464 e. The van der Waals surface area contributed by atoms with Crippen LogP contribution in [0.4, 0.5) is 0 Å². The number of hydrogen-bond donors (Lipinski definition) is 0. The fourth-order valence-electron chi connectivity index (χ4n) is 2.62. The highest BCUT2D eigenvalue weighted by molar-refractivity contribution is 7.88. The summed E-state index contributed by atoms with van der Waals surface area (Å²) >= 11 is 0. The lowest BCUT2D eigenvalue weighted by Crippen LogP contribution is -2.41. The Labute approximate surface area is 141 Å². The van der Waals surface area contributed by atoms with E-state index in [1.54, 1.807) is 6.92 Å². The number of aryl methyl sites for hydroxylation is 1. The zero-order chi connectivity index (χ0) is 18.1. The van der Waals surface area contributed by atoms with Gasteiger partial charge in [0.05, 0.1) is 12.2 Å². The van der Waals surface area contributed by atoms with E-state index in [0.29, 0.717) is 19.4 Å². The van der Waals surface area contributed by atoms with Gasteiger partial charge in [0.1, 0.15) is 11.8 Å². The fourth-order valence-corrected chi connectivity index (χ4v) is 3.48. The first-order valence-corrected chi connectivity index (χ1v) is 9.14. The van der Waals surface area contributed by atoms with Crippen LogP contribution >= 0.6 is 0 Å². The first-order valence-electron chi connectivity index (χ1n) is 7.70. The number of likely N-dealkylation sites (tertiary alicyclic amines) is 1. The summed E-state index contributed by atoms with van der Waals surface area (Å²) < 4.78 is 35.6. The summed E-state index contributed by atoms with van der Waals surface area (Å²) in [5.41, 5.74) is 0.145. The summed E-state index contributed by atoms with van der Waals surface area (Å²) in [5, 5.41) is -0.291. The van der Waals surface area contributed by atoms with Gasteiger partial charge in [-0.3, -0.25) is 4.79 Å². The lowest BCUT2D eigenvalue weighted by Gasteiger charge is -2.22. The Morgan fingerprint density at radius 3 is 2.67 bits per heavy atom. The summed E-state index contributed by atoms with van der Waals surface area (Å²) in [4.78, 5) is 26.2. The molecule has 0 aromatic carbocycles. The molecule has 1 aromatic rings. The first kappa shape index (κ1) is 18.5. The van der Waals surface area contributed by atoms with E-state index >= 15 is 0 Å². The lowest BCUT2D eigenvalue weighted by molar-refractivity contribution is -0.147. The molecule has 1 aromatic heterocycles. The third-order valence-corrected chi connectivity index (χ3v) is 5.60. The number of furan rings is 1. The van der Waals surface area contributed by atoms with Crippen molar-refractivity contribution in [2.24, 2.45) is 0 Å². The Morgan fingerprint density at radius 2 is 2.08 bits per heavy atom. The van der Waals surface area contributed by atoms with E-state index in [1.165, 1.54) is 32.0 Å². The summed E-state index contributed by atoms with van der Waals surface area (Å²) in [6.45, 7) is 3.89. The third-order valence-electron chi connectivity index (χ3n) is 3.93. The van der Waals surface area contributed by atoms with E-state index in [4.69, 9.17) is 9.15 Å². The molecule has 0 N–H and O–H groups in total.